The van der Waals surface area contributed by atoms with Gasteiger partial charge in [-0.05, 0) is 104 Å². The van der Waals surface area contributed by atoms with E-state index in [1.54, 1.807) is 0 Å². The fourth-order valence-electron chi connectivity index (χ4n) is 10.3. The third-order valence-corrected chi connectivity index (χ3v) is 11.9. The third kappa shape index (κ3) is 2.61. The molecule has 2 saturated heterocycles. The van der Waals surface area contributed by atoms with Gasteiger partial charge in [-0.3, -0.25) is 0 Å². The van der Waals surface area contributed by atoms with E-state index in [0.717, 1.165) is 49.5 Å². The van der Waals surface area contributed by atoms with Crippen molar-refractivity contribution in [1.82, 2.24) is 0 Å². The molecule has 0 aromatic carbocycles. The lowest BCUT2D eigenvalue weighted by Gasteiger charge is -2.61. The monoisotopic (exact) mass is 416 g/mol. The van der Waals surface area contributed by atoms with E-state index in [2.05, 4.69) is 27.7 Å². The molecule has 0 aromatic heterocycles. The molecule has 0 bridgehead atoms. The first-order valence-corrected chi connectivity index (χ1v) is 13.3. The average Bonchev–Trinajstić information content (AvgIpc) is 3.16. The summed E-state index contributed by atoms with van der Waals surface area (Å²) in [5.41, 5.74) is 0.899. The van der Waals surface area contributed by atoms with Crippen molar-refractivity contribution in [3.8, 4) is 0 Å². The quantitative estimate of drug-likeness (QED) is 0.543. The van der Waals surface area contributed by atoms with Gasteiger partial charge in [-0.2, -0.15) is 0 Å². The van der Waals surface area contributed by atoms with Crippen LogP contribution >= 0.6 is 0 Å². The predicted molar refractivity (Wildman–Crippen MR) is 118 cm³/mol. The smallest absolute Gasteiger partial charge is 0.171 e. The minimum Gasteiger partial charge on any atom is -0.393 e. The molecule has 6 aliphatic rings. The van der Waals surface area contributed by atoms with E-state index >= 15 is 0 Å². The molecule has 0 aromatic rings. The van der Waals surface area contributed by atoms with Crippen LogP contribution in [0, 0.1) is 52.3 Å². The molecular weight excluding hydrogens is 372 g/mol. The molecule has 6 rings (SSSR count). The van der Waals surface area contributed by atoms with Gasteiger partial charge in [0, 0.05) is 12.3 Å². The summed E-state index contributed by atoms with van der Waals surface area (Å²) in [7, 11) is 0. The first kappa shape index (κ1) is 20.5. The Balaban J connectivity index is 1.26. The number of hydrogen-bond donors (Lipinski definition) is 1. The van der Waals surface area contributed by atoms with Crippen molar-refractivity contribution in [2.24, 2.45) is 52.3 Å². The maximum absolute atomic E-state index is 10.3. The van der Waals surface area contributed by atoms with Crippen molar-refractivity contribution in [1.29, 1.82) is 0 Å². The Labute approximate surface area is 183 Å². The molecule has 1 N–H and O–H groups in total. The maximum Gasteiger partial charge on any atom is 0.171 e. The van der Waals surface area contributed by atoms with Crippen LogP contribution in [0.2, 0.25) is 0 Å². The maximum atomic E-state index is 10.3. The van der Waals surface area contributed by atoms with Gasteiger partial charge < -0.3 is 14.6 Å². The lowest BCUT2D eigenvalue weighted by Crippen LogP contribution is -2.55. The first-order chi connectivity index (χ1) is 14.3. The summed E-state index contributed by atoms with van der Waals surface area (Å²) in [6, 6.07) is 0. The molecule has 0 radical (unpaired) electrons. The van der Waals surface area contributed by atoms with Crippen molar-refractivity contribution in [3.05, 3.63) is 0 Å². The van der Waals surface area contributed by atoms with Crippen LogP contribution in [-0.2, 0) is 9.47 Å². The molecule has 4 saturated carbocycles. The molecule has 1 spiro atoms. The highest BCUT2D eigenvalue weighted by molar-refractivity contribution is 5.15. The highest BCUT2D eigenvalue weighted by Crippen LogP contribution is 2.71. The summed E-state index contributed by atoms with van der Waals surface area (Å²) in [4.78, 5) is 0. The van der Waals surface area contributed by atoms with Crippen LogP contribution < -0.4 is 0 Å². The fraction of sp³-hybridized carbons (Fsp3) is 1.00. The van der Waals surface area contributed by atoms with E-state index < -0.39 is 0 Å². The summed E-state index contributed by atoms with van der Waals surface area (Å²) in [6.45, 7) is 10.9. The highest BCUT2D eigenvalue weighted by atomic mass is 16.7. The normalized spacial score (nSPS) is 62.5. The molecule has 12 atom stereocenters. The van der Waals surface area contributed by atoms with Gasteiger partial charge in [0.15, 0.2) is 5.79 Å². The van der Waals surface area contributed by atoms with Crippen LogP contribution in [0.15, 0.2) is 0 Å². The zero-order valence-corrected chi connectivity index (χ0v) is 19.7. The zero-order valence-electron chi connectivity index (χ0n) is 19.7. The summed E-state index contributed by atoms with van der Waals surface area (Å²) in [6.07, 6.45) is 12.9. The second kappa shape index (κ2) is 6.70. The van der Waals surface area contributed by atoms with Gasteiger partial charge in [-0.25, -0.2) is 0 Å². The summed E-state index contributed by atoms with van der Waals surface area (Å²) in [5.74, 6) is 4.93. The van der Waals surface area contributed by atoms with E-state index in [0.29, 0.717) is 34.7 Å². The second-order valence-electron chi connectivity index (χ2n) is 13.1. The number of aliphatic hydroxyl groups excluding tert-OH is 1. The SMILES string of the molecule is C[C@@H]1CC[C@]2(OC1)O[C@H]1C[C@H]3[C@@H]4CC[C@H]5C[C@@H](O)CC[C@]5(C)[C@H]4CC[C@]3(C)[C@H]1[C@@H]2C. The van der Waals surface area contributed by atoms with E-state index in [1.807, 2.05) is 0 Å². The number of fused-ring (bicyclic) bond motifs is 7. The largest absolute Gasteiger partial charge is 0.393 e. The van der Waals surface area contributed by atoms with Crippen LogP contribution in [0.3, 0.4) is 0 Å². The number of rotatable bonds is 0. The number of hydrogen-bond acceptors (Lipinski definition) is 3. The molecule has 3 heteroatoms. The molecule has 3 nitrogen and oxygen atoms in total. The Kier molecular flexibility index (Phi) is 4.58. The van der Waals surface area contributed by atoms with E-state index in [4.69, 9.17) is 9.47 Å². The fourth-order valence-corrected chi connectivity index (χ4v) is 10.3. The number of ether oxygens (including phenoxy) is 2. The molecule has 2 aliphatic heterocycles. The summed E-state index contributed by atoms with van der Waals surface area (Å²) in [5, 5.41) is 10.3. The van der Waals surface area contributed by atoms with Gasteiger partial charge in [0.2, 0.25) is 0 Å². The van der Waals surface area contributed by atoms with Crippen molar-refractivity contribution < 1.29 is 14.6 Å². The zero-order chi connectivity index (χ0) is 20.9. The lowest BCUT2D eigenvalue weighted by atomic mass is 9.44. The summed E-state index contributed by atoms with van der Waals surface area (Å²) >= 11 is 0. The van der Waals surface area contributed by atoms with Gasteiger partial charge in [0.1, 0.15) is 0 Å². The molecule has 170 valence electrons. The van der Waals surface area contributed by atoms with Crippen LogP contribution in [0.5, 0.6) is 0 Å². The predicted octanol–water partition coefficient (Wildman–Crippen LogP) is 5.79. The van der Waals surface area contributed by atoms with Gasteiger partial charge in [0.25, 0.3) is 0 Å². The van der Waals surface area contributed by atoms with Crippen LogP contribution in [0.4, 0.5) is 0 Å². The minimum atomic E-state index is -0.282. The van der Waals surface area contributed by atoms with Crippen molar-refractivity contribution in [3.63, 3.8) is 0 Å². The van der Waals surface area contributed by atoms with E-state index in [9.17, 15) is 5.11 Å². The van der Waals surface area contributed by atoms with Crippen molar-refractivity contribution in [2.75, 3.05) is 6.61 Å². The molecule has 0 amide bonds. The Bertz CT molecular complexity index is 684. The Morgan fingerprint density at radius 2 is 1.63 bits per heavy atom. The standard InChI is InChI=1S/C27H44O3/c1-16-7-12-27(29-15-16)17(2)24-23(30-27)14-22-20-6-5-18-13-19(28)8-10-25(18,3)21(20)9-11-26(22,24)4/h16-24,28H,5-15H2,1-4H3/t16-,17+,18+,19+,20-,21+,22+,23+,24+,25+,26+,27+/m1/s1. The molecule has 30 heavy (non-hydrogen) atoms. The average molecular weight is 417 g/mol. The van der Waals surface area contributed by atoms with Crippen molar-refractivity contribution >= 4 is 0 Å². The van der Waals surface area contributed by atoms with Crippen LogP contribution in [0.25, 0.3) is 0 Å². The van der Waals surface area contributed by atoms with Gasteiger partial charge in [-0.1, -0.05) is 27.7 Å². The second-order valence-corrected chi connectivity index (χ2v) is 13.1. The summed E-state index contributed by atoms with van der Waals surface area (Å²) < 4.78 is 13.4. The lowest BCUT2D eigenvalue weighted by molar-refractivity contribution is -0.273. The molecule has 6 fully saturated rings. The van der Waals surface area contributed by atoms with Gasteiger partial charge >= 0.3 is 0 Å². The molecule has 4 aliphatic carbocycles. The Morgan fingerprint density at radius 1 is 0.833 bits per heavy atom. The topological polar surface area (TPSA) is 38.7 Å². The van der Waals surface area contributed by atoms with Gasteiger partial charge in [-0.15, -0.1) is 0 Å². The highest BCUT2D eigenvalue weighted by Gasteiger charge is 2.69. The molecule has 0 unspecified atom stereocenters. The molecular formula is C27H44O3. The molecule has 2 heterocycles. The van der Waals surface area contributed by atoms with Gasteiger partial charge in [0.05, 0.1) is 18.8 Å². The number of aliphatic hydroxyl groups is 1. The third-order valence-electron chi connectivity index (χ3n) is 11.9. The first-order valence-electron chi connectivity index (χ1n) is 13.3. The van der Waals surface area contributed by atoms with Crippen LogP contribution in [0.1, 0.15) is 91.9 Å². The van der Waals surface area contributed by atoms with E-state index in [-0.39, 0.29) is 11.9 Å². The van der Waals surface area contributed by atoms with Crippen molar-refractivity contribution in [2.45, 2.75) is 110 Å². The Morgan fingerprint density at radius 3 is 2.40 bits per heavy atom. The van der Waals surface area contributed by atoms with Crippen LogP contribution in [-0.4, -0.2) is 29.7 Å². The minimum absolute atomic E-state index is 0.0389. The van der Waals surface area contributed by atoms with E-state index in [1.165, 1.54) is 44.9 Å². The Hall–Kier alpha value is -0.120.